The van der Waals surface area contributed by atoms with E-state index in [-0.39, 0.29) is 36.1 Å². The van der Waals surface area contributed by atoms with Crippen LogP contribution in [0.3, 0.4) is 0 Å². The number of halogens is 2. The first kappa shape index (κ1) is 19.4. The smallest absolute Gasteiger partial charge is 0.276 e. The Labute approximate surface area is 163 Å². The normalized spacial score (nSPS) is 21.8. The third-order valence-electron chi connectivity index (χ3n) is 5.03. The summed E-state index contributed by atoms with van der Waals surface area (Å²) in [6.45, 7) is 2.01. The van der Waals surface area contributed by atoms with Crippen LogP contribution in [0.5, 0.6) is 5.75 Å². The number of amides is 1. The Hall–Kier alpha value is -2.89. The van der Waals surface area contributed by atoms with Crippen LogP contribution in [0.25, 0.3) is 0 Å². The molecule has 0 saturated carbocycles. The summed E-state index contributed by atoms with van der Waals surface area (Å²) in [4.78, 5) is 30.3. The van der Waals surface area contributed by atoms with Crippen LogP contribution in [-0.4, -0.2) is 49.4 Å². The number of aromatic nitrogens is 2. The van der Waals surface area contributed by atoms with Crippen LogP contribution in [0.15, 0.2) is 23.3 Å². The van der Waals surface area contributed by atoms with Crippen molar-refractivity contribution in [3.05, 3.63) is 57.3 Å². The lowest BCUT2D eigenvalue weighted by Crippen LogP contribution is -2.48. The van der Waals surface area contributed by atoms with E-state index in [2.05, 4.69) is 10.3 Å². The minimum absolute atomic E-state index is 0.160. The Balaban J connectivity index is 1.61. The predicted octanol–water partition coefficient (Wildman–Crippen LogP) is 0.208. The molecular weight excluding hydrogens is 390 g/mol. The van der Waals surface area contributed by atoms with Gasteiger partial charge in [0.1, 0.15) is 17.9 Å². The standard InChI is InChI=1S/C18H18F2N4O5/c1-8-7-29-13-6-23-5-10(15(25)16(26)14(23)18(28)24(8)13)17(27)22-4-12-11(20)2-9(19)3-21-12/h2-3,5,8,13,17,22,26-27H,4,6-7H2,1H3/t8-,13+,17?/m0/s1. The zero-order valence-corrected chi connectivity index (χ0v) is 15.3. The lowest BCUT2D eigenvalue weighted by atomic mass is 10.1. The van der Waals surface area contributed by atoms with Crippen molar-refractivity contribution in [2.45, 2.75) is 38.5 Å². The number of ether oxygens (including phenoxy) is 1. The molecule has 154 valence electrons. The zero-order valence-electron chi connectivity index (χ0n) is 15.3. The number of nitrogens with zero attached hydrogens (tertiary/aromatic N) is 3. The van der Waals surface area contributed by atoms with Crippen molar-refractivity contribution < 1.29 is 28.5 Å². The second-order valence-corrected chi connectivity index (χ2v) is 6.98. The first-order valence-corrected chi connectivity index (χ1v) is 8.90. The predicted molar refractivity (Wildman–Crippen MR) is 93.7 cm³/mol. The van der Waals surface area contributed by atoms with Crippen molar-refractivity contribution in [1.29, 1.82) is 0 Å². The lowest BCUT2D eigenvalue weighted by molar-refractivity contribution is 0.00600. The maximum atomic E-state index is 13.7. The molecule has 11 heteroatoms. The van der Waals surface area contributed by atoms with Gasteiger partial charge in [-0.15, -0.1) is 0 Å². The highest BCUT2D eigenvalue weighted by molar-refractivity contribution is 5.96. The van der Waals surface area contributed by atoms with E-state index >= 15 is 0 Å². The van der Waals surface area contributed by atoms with Gasteiger partial charge in [0.25, 0.3) is 5.91 Å². The van der Waals surface area contributed by atoms with E-state index in [0.29, 0.717) is 12.7 Å². The fraction of sp³-hybridized carbons (Fsp3) is 0.389. The minimum atomic E-state index is -1.59. The van der Waals surface area contributed by atoms with Crippen LogP contribution in [0.2, 0.25) is 0 Å². The van der Waals surface area contributed by atoms with E-state index in [1.807, 2.05) is 0 Å². The third-order valence-corrected chi connectivity index (χ3v) is 5.03. The summed E-state index contributed by atoms with van der Waals surface area (Å²) in [5.41, 5.74) is -1.50. The molecule has 0 bridgehead atoms. The van der Waals surface area contributed by atoms with E-state index in [0.717, 1.165) is 6.20 Å². The molecule has 3 atom stereocenters. The Morgan fingerprint density at radius 2 is 2.17 bits per heavy atom. The van der Waals surface area contributed by atoms with Crippen molar-refractivity contribution in [3.8, 4) is 5.75 Å². The molecule has 0 spiro atoms. The molecule has 4 heterocycles. The molecule has 1 unspecified atom stereocenters. The molecule has 2 aliphatic heterocycles. The summed E-state index contributed by atoms with van der Waals surface area (Å²) in [6.07, 6.45) is -0.0479. The van der Waals surface area contributed by atoms with Crippen molar-refractivity contribution in [2.75, 3.05) is 6.61 Å². The summed E-state index contributed by atoms with van der Waals surface area (Å²) in [7, 11) is 0. The van der Waals surface area contributed by atoms with Crippen LogP contribution in [0.1, 0.15) is 34.9 Å². The van der Waals surface area contributed by atoms with Gasteiger partial charge in [-0.2, -0.15) is 0 Å². The van der Waals surface area contributed by atoms with Crippen LogP contribution < -0.4 is 10.7 Å². The second-order valence-electron chi connectivity index (χ2n) is 6.98. The van der Waals surface area contributed by atoms with Gasteiger partial charge in [0.15, 0.2) is 17.7 Å². The van der Waals surface area contributed by atoms with Crippen LogP contribution in [0, 0.1) is 11.6 Å². The number of fused-ring (bicyclic) bond motifs is 2. The largest absolute Gasteiger partial charge is 0.503 e. The Kier molecular flexibility index (Phi) is 4.81. The number of rotatable bonds is 4. The molecule has 1 saturated heterocycles. The van der Waals surface area contributed by atoms with Gasteiger partial charge in [0, 0.05) is 18.8 Å². The highest BCUT2D eigenvalue weighted by Gasteiger charge is 2.42. The van der Waals surface area contributed by atoms with Crippen LogP contribution >= 0.6 is 0 Å². The zero-order chi connectivity index (χ0) is 20.9. The molecule has 0 radical (unpaired) electrons. The molecular formula is C18H18F2N4O5. The number of aliphatic hydroxyl groups excluding tert-OH is 1. The van der Waals surface area contributed by atoms with Gasteiger partial charge in [-0.1, -0.05) is 0 Å². The summed E-state index contributed by atoms with van der Waals surface area (Å²) < 4.78 is 33.5. The molecule has 1 amide bonds. The molecule has 0 aliphatic carbocycles. The maximum Gasteiger partial charge on any atom is 0.276 e. The van der Waals surface area contributed by atoms with Crippen LogP contribution in [0.4, 0.5) is 8.78 Å². The van der Waals surface area contributed by atoms with Crippen LogP contribution in [-0.2, 0) is 17.8 Å². The summed E-state index contributed by atoms with van der Waals surface area (Å²) in [5.74, 6) is -3.07. The third kappa shape index (κ3) is 3.26. The molecule has 3 N–H and O–H groups in total. The van der Waals surface area contributed by atoms with Gasteiger partial charge >= 0.3 is 0 Å². The number of carbonyl (C=O) groups excluding carboxylic acids is 1. The summed E-state index contributed by atoms with van der Waals surface area (Å²) in [5, 5.41) is 23.2. The number of hydrogen-bond donors (Lipinski definition) is 3. The molecule has 29 heavy (non-hydrogen) atoms. The number of hydrogen-bond acceptors (Lipinski definition) is 7. The molecule has 9 nitrogen and oxygen atoms in total. The number of aliphatic hydroxyl groups is 1. The molecule has 2 aromatic rings. The van der Waals surface area contributed by atoms with Crippen molar-refractivity contribution in [1.82, 2.24) is 19.8 Å². The Bertz CT molecular complexity index is 1040. The number of nitrogens with one attached hydrogen (secondary N) is 1. The first-order valence-electron chi connectivity index (χ1n) is 8.90. The molecule has 1 fully saturated rings. The van der Waals surface area contributed by atoms with Gasteiger partial charge in [0.2, 0.25) is 5.43 Å². The van der Waals surface area contributed by atoms with Crippen molar-refractivity contribution >= 4 is 5.91 Å². The summed E-state index contributed by atoms with van der Waals surface area (Å²) >= 11 is 0. The average molecular weight is 408 g/mol. The van der Waals surface area contributed by atoms with E-state index in [9.17, 15) is 28.6 Å². The fourth-order valence-corrected chi connectivity index (χ4v) is 3.57. The van der Waals surface area contributed by atoms with Crippen molar-refractivity contribution in [3.63, 3.8) is 0 Å². The molecule has 2 aromatic heterocycles. The highest BCUT2D eigenvalue weighted by atomic mass is 19.1. The number of pyridine rings is 2. The molecule has 4 rings (SSSR count). The quantitative estimate of drug-likeness (QED) is 0.619. The highest BCUT2D eigenvalue weighted by Crippen LogP contribution is 2.30. The number of carbonyl (C=O) groups is 1. The molecule has 2 aliphatic rings. The molecule has 0 aromatic carbocycles. The Morgan fingerprint density at radius 3 is 2.90 bits per heavy atom. The fourth-order valence-electron chi connectivity index (χ4n) is 3.57. The van der Waals surface area contributed by atoms with E-state index in [1.165, 1.54) is 15.7 Å². The minimum Gasteiger partial charge on any atom is -0.503 e. The monoisotopic (exact) mass is 408 g/mol. The maximum absolute atomic E-state index is 13.7. The van der Waals surface area contributed by atoms with E-state index in [4.69, 9.17) is 4.74 Å². The van der Waals surface area contributed by atoms with E-state index < -0.39 is 41.2 Å². The van der Waals surface area contributed by atoms with Gasteiger partial charge in [-0.05, 0) is 6.92 Å². The van der Waals surface area contributed by atoms with Gasteiger partial charge in [-0.25, -0.2) is 8.78 Å². The lowest BCUT2D eigenvalue weighted by Gasteiger charge is -2.34. The Morgan fingerprint density at radius 1 is 1.41 bits per heavy atom. The topological polar surface area (TPSA) is 117 Å². The SMILES string of the molecule is C[C@H]1CO[C@@H]2Cn3cc(C(O)NCc4ncc(F)cc4F)c(=O)c(O)c3C(=O)N12. The summed E-state index contributed by atoms with van der Waals surface area (Å²) in [6, 6.07) is 0.455. The number of aromatic hydroxyl groups is 1. The average Bonchev–Trinajstić information content (AvgIpc) is 3.04. The first-order chi connectivity index (χ1) is 13.8. The second kappa shape index (κ2) is 7.17. The van der Waals surface area contributed by atoms with Gasteiger partial charge < -0.3 is 24.4 Å². The van der Waals surface area contributed by atoms with Gasteiger partial charge in [0.05, 0.1) is 36.6 Å². The van der Waals surface area contributed by atoms with Crippen molar-refractivity contribution in [2.24, 2.45) is 0 Å². The van der Waals surface area contributed by atoms with Gasteiger partial charge in [-0.3, -0.25) is 19.9 Å². The van der Waals surface area contributed by atoms with E-state index in [1.54, 1.807) is 6.92 Å².